The first-order valence-electron chi connectivity index (χ1n) is 4.68. The van der Waals surface area contributed by atoms with Crippen molar-refractivity contribution in [2.45, 2.75) is 4.90 Å². The average molecular weight is 257 g/mol. The van der Waals surface area contributed by atoms with Crippen LogP contribution in [0.5, 0.6) is 0 Å². The Labute approximate surface area is 103 Å². The zero-order chi connectivity index (χ0) is 12.1. The summed E-state index contributed by atoms with van der Waals surface area (Å²) in [6, 6.07) is 0. The van der Waals surface area contributed by atoms with Crippen molar-refractivity contribution >= 4 is 39.7 Å². The summed E-state index contributed by atoms with van der Waals surface area (Å²) in [6.07, 6.45) is 3.70. The fraction of sp³-hybridized carbons (Fsp3) is 0.300. The largest absolute Gasteiger partial charge is 0.396 e. The van der Waals surface area contributed by atoms with Crippen molar-refractivity contribution < 1.29 is 4.79 Å². The zero-order valence-electron chi connectivity index (χ0n) is 9.29. The molecule has 1 heterocycles. The fourth-order valence-corrected chi connectivity index (χ4v) is 3.18. The minimum atomic E-state index is -0.149. The monoisotopic (exact) mass is 257 g/mol. The van der Waals surface area contributed by atoms with Crippen LogP contribution in [0.4, 0.5) is 10.7 Å². The molecule has 1 amide bonds. The quantitative estimate of drug-likeness (QED) is 0.557. The van der Waals surface area contributed by atoms with Gasteiger partial charge in [0.25, 0.3) is 5.91 Å². The van der Waals surface area contributed by atoms with Crippen molar-refractivity contribution in [2.75, 3.05) is 30.9 Å². The van der Waals surface area contributed by atoms with E-state index in [9.17, 15) is 4.79 Å². The molecule has 0 aliphatic carbocycles. The van der Waals surface area contributed by atoms with Crippen LogP contribution in [0.1, 0.15) is 9.67 Å². The van der Waals surface area contributed by atoms with Crippen LogP contribution in [0.15, 0.2) is 17.6 Å². The minimum Gasteiger partial charge on any atom is -0.396 e. The maximum absolute atomic E-state index is 11.6. The summed E-state index contributed by atoms with van der Waals surface area (Å²) in [5.41, 5.74) is 6.47. The molecule has 88 valence electrons. The highest BCUT2D eigenvalue weighted by Gasteiger charge is 2.19. The normalized spacial score (nSPS) is 9.88. The average Bonchev–Trinajstić information content (AvgIpc) is 2.62. The summed E-state index contributed by atoms with van der Waals surface area (Å²) in [4.78, 5) is 13.0. The molecule has 0 aliphatic rings. The predicted molar refractivity (Wildman–Crippen MR) is 72.6 cm³/mol. The third-order valence-corrected chi connectivity index (χ3v) is 4.07. The topological polar surface area (TPSA) is 67.2 Å². The summed E-state index contributed by atoms with van der Waals surface area (Å²) in [5.74, 6) is -0.149. The molecule has 0 aliphatic heterocycles. The van der Waals surface area contributed by atoms with Crippen molar-refractivity contribution in [3.63, 3.8) is 0 Å². The van der Waals surface area contributed by atoms with Gasteiger partial charge in [0.1, 0.15) is 9.88 Å². The van der Waals surface area contributed by atoms with Gasteiger partial charge in [0.2, 0.25) is 0 Å². The van der Waals surface area contributed by atoms with Crippen molar-refractivity contribution in [3.8, 4) is 0 Å². The first-order chi connectivity index (χ1) is 7.65. The Bertz CT molecular complexity index is 401. The number of amides is 1. The van der Waals surface area contributed by atoms with E-state index in [1.807, 2.05) is 6.26 Å². The third kappa shape index (κ3) is 2.51. The lowest BCUT2D eigenvalue weighted by Crippen LogP contribution is -2.17. The van der Waals surface area contributed by atoms with E-state index in [1.165, 1.54) is 23.1 Å². The maximum Gasteiger partial charge on any atom is 0.263 e. The van der Waals surface area contributed by atoms with E-state index in [0.29, 0.717) is 17.1 Å². The molecule has 0 aromatic carbocycles. The molecular formula is C10H15N3OS2. The van der Waals surface area contributed by atoms with E-state index in [0.717, 1.165) is 9.90 Å². The molecule has 0 spiro atoms. The summed E-state index contributed by atoms with van der Waals surface area (Å²) in [7, 11) is 1.59. The summed E-state index contributed by atoms with van der Waals surface area (Å²) >= 11 is 2.90. The number of rotatable bonds is 5. The number of nitrogens with two attached hydrogens (primary N) is 1. The predicted octanol–water partition coefficient (Wildman–Crippen LogP) is 2.01. The van der Waals surface area contributed by atoms with Gasteiger partial charge in [-0.05, 0) is 6.26 Å². The highest BCUT2D eigenvalue weighted by molar-refractivity contribution is 7.99. The molecule has 0 saturated heterocycles. The van der Waals surface area contributed by atoms with Gasteiger partial charge in [-0.2, -0.15) is 0 Å². The molecule has 1 rings (SSSR count). The lowest BCUT2D eigenvalue weighted by Gasteiger charge is -2.02. The van der Waals surface area contributed by atoms with Gasteiger partial charge < -0.3 is 16.4 Å². The van der Waals surface area contributed by atoms with Crippen LogP contribution in [-0.4, -0.2) is 25.8 Å². The Balaban J connectivity index is 3.08. The Morgan fingerprint density at radius 1 is 1.69 bits per heavy atom. The van der Waals surface area contributed by atoms with E-state index in [2.05, 4.69) is 17.2 Å². The van der Waals surface area contributed by atoms with E-state index in [4.69, 9.17) is 5.73 Å². The molecule has 0 radical (unpaired) electrons. The van der Waals surface area contributed by atoms with Gasteiger partial charge in [0.15, 0.2) is 0 Å². The third-order valence-electron chi connectivity index (χ3n) is 1.94. The highest BCUT2D eigenvalue weighted by atomic mass is 32.2. The smallest absolute Gasteiger partial charge is 0.263 e. The summed E-state index contributed by atoms with van der Waals surface area (Å²) < 4.78 is 0. The number of nitrogens with one attached hydrogen (secondary N) is 2. The van der Waals surface area contributed by atoms with Gasteiger partial charge >= 0.3 is 0 Å². The van der Waals surface area contributed by atoms with Crippen molar-refractivity contribution in [3.05, 3.63) is 17.5 Å². The Kier molecular flexibility index (Phi) is 4.70. The zero-order valence-corrected chi connectivity index (χ0v) is 10.9. The maximum atomic E-state index is 11.6. The molecule has 0 bridgehead atoms. The second-order valence-electron chi connectivity index (χ2n) is 2.96. The first-order valence-corrected chi connectivity index (χ1v) is 6.72. The summed E-state index contributed by atoms with van der Waals surface area (Å²) in [6.45, 7) is 4.29. The number of carbonyl (C=O) groups is 1. The molecular weight excluding hydrogens is 242 g/mol. The number of nitrogen functional groups attached to an aromatic ring is 1. The second-order valence-corrected chi connectivity index (χ2v) is 4.79. The van der Waals surface area contributed by atoms with E-state index < -0.39 is 0 Å². The SMILES string of the molecule is C=CCNc1sc(C(=O)NC)c(N)c1SC. The standard InChI is InChI=1S/C10H15N3OS2/c1-4-5-13-10-8(15-3)6(11)7(16-10)9(14)12-2/h4,13H,1,5,11H2,2-3H3,(H,12,14). The van der Waals surface area contributed by atoms with Crippen LogP contribution in [-0.2, 0) is 0 Å². The molecule has 4 nitrogen and oxygen atoms in total. The fourth-order valence-electron chi connectivity index (χ4n) is 1.19. The van der Waals surface area contributed by atoms with Crippen LogP contribution in [0, 0.1) is 0 Å². The molecule has 0 unspecified atom stereocenters. The van der Waals surface area contributed by atoms with Gasteiger partial charge in [0, 0.05) is 13.6 Å². The van der Waals surface area contributed by atoms with Gasteiger partial charge in [-0.25, -0.2) is 0 Å². The van der Waals surface area contributed by atoms with Crippen molar-refractivity contribution in [2.24, 2.45) is 0 Å². The Morgan fingerprint density at radius 3 is 2.88 bits per heavy atom. The molecule has 6 heteroatoms. The van der Waals surface area contributed by atoms with Gasteiger partial charge in [-0.15, -0.1) is 29.7 Å². The van der Waals surface area contributed by atoms with Gasteiger partial charge in [-0.3, -0.25) is 4.79 Å². The molecule has 0 fully saturated rings. The van der Waals surface area contributed by atoms with Gasteiger partial charge in [-0.1, -0.05) is 6.08 Å². The van der Waals surface area contributed by atoms with Crippen LogP contribution in [0.3, 0.4) is 0 Å². The van der Waals surface area contributed by atoms with E-state index >= 15 is 0 Å². The van der Waals surface area contributed by atoms with E-state index in [1.54, 1.807) is 13.1 Å². The number of hydrogen-bond donors (Lipinski definition) is 3. The second kappa shape index (κ2) is 5.81. The highest BCUT2D eigenvalue weighted by Crippen LogP contribution is 2.41. The van der Waals surface area contributed by atoms with Crippen molar-refractivity contribution in [1.29, 1.82) is 0 Å². The van der Waals surface area contributed by atoms with Crippen LogP contribution >= 0.6 is 23.1 Å². The van der Waals surface area contributed by atoms with E-state index in [-0.39, 0.29) is 5.91 Å². The molecule has 1 aromatic rings. The Hall–Kier alpha value is -1.14. The first kappa shape index (κ1) is 12.9. The van der Waals surface area contributed by atoms with Crippen molar-refractivity contribution in [1.82, 2.24) is 5.32 Å². The molecule has 0 atom stereocenters. The minimum absolute atomic E-state index is 0.149. The van der Waals surface area contributed by atoms with Crippen LogP contribution < -0.4 is 16.4 Å². The lowest BCUT2D eigenvalue weighted by atomic mass is 10.3. The molecule has 0 saturated carbocycles. The Morgan fingerprint density at radius 2 is 2.38 bits per heavy atom. The number of thioether (sulfide) groups is 1. The number of carbonyl (C=O) groups excluding carboxylic acids is 1. The van der Waals surface area contributed by atoms with Crippen LogP contribution in [0.2, 0.25) is 0 Å². The van der Waals surface area contributed by atoms with Gasteiger partial charge in [0.05, 0.1) is 10.6 Å². The van der Waals surface area contributed by atoms with Crippen LogP contribution in [0.25, 0.3) is 0 Å². The molecule has 4 N–H and O–H groups in total. The summed E-state index contributed by atoms with van der Waals surface area (Å²) in [5, 5.41) is 6.67. The number of hydrogen-bond acceptors (Lipinski definition) is 5. The number of anilines is 2. The molecule has 16 heavy (non-hydrogen) atoms. The lowest BCUT2D eigenvalue weighted by molar-refractivity contribution is 0.0968. The molecule has 1 aromatic heterocycles. The number of thiophene rings is 1.